The monoisotopic (exact) mass is 328 g/mol. The predicted molar refractivity (Wildman–Crippen MR) is 91.7 cm³/mol. The molecule has 0 saturated carbocycles. The average Bonchev–Trinajstić information content (AvgIpc) is 2.95. The fourth-order valence-electron chi connectivity index (χ4n) is 2.02. The Morgan fingerprint density at radius 2 is 1.77 bits per heavy atom. The topological polar surface area (TPSA) is 42.0 Å². The normalized spacial score (nSPS) is 10.5. The van der Waals surface area contributed by atoms with Crippen LogP contribution in [-0.4, -0.2) is 10.9 Å². The van der Waals surface area contributed by atoms with Gasteiger partial charge in [-0.1, -0.05) is 23.7 Å². The number of hydrogen-bond acceptors (Lipinski definition) is 3. The number of anilines is 1. The average molecular weight is 329 g/mol. The third-order valence-corrected chi connectivity index (χ3v) is 4.19. The molecule has 0 aliphatic heterocycles. The number of nitrogens with zero attached hydrogens (tertiary/aromatic N) is 1. The number of amides is 1. The molecule has 0 aliphatic carbocycles. The van der Waals surface area contributed by atoms with Gasteiger partial charge in [-0.15, -0.1) is 11.3 Å². The zero-order valence-electron chi connectivity index (χ0n) is 11.8. The Balaban J connectivity index is 1.73. The molecule has 0 aliphatic rings. The summed E-state index contributed by atoms with van der Waals surface area (Å²) in [6.07, 6.45) is 0. The van der Waals surface area contributed by atoms with Crippen molar-refractivity contribution < 1.29 is 4.79 Å². The molecule has 0 fully saturated rings. The van der Waals surface area contributed by atoms with Gasteiger partial charge in [0.25, 0.3) is 5.91 Å². The van der Waals surface area contributed by atoms with Crippen LogP contribution in [0.5, 0.6) is 0 Å². The number of carbonyl (C=O) groups excluding carboxylic acids is 1. The van der Waals surface area contributed by atoms with Crippen LogP contribution in [0.15, 0.2) is 53.9 Å². The largest absolute Gasteiger partial charge is 0.322 e. The number of aryl methyl sites for hydroxylation is 1. The molecule has 0 saturated heterocycles. The molecule has 0 radical (unpaired) electrons. The van der Waals surface area contributed by atoms with Crippen molar-refractivity contribution in [3.63, 3.8) is 0 Å². The van der Waals surface area contributed by atoms with Crippen molar-refractivity contribution in [3.8, 4) is 11.3 Å². The minimum Gasteiger partial charge on any atom is -0.322 e. The number of carbonyl (C=O) groups is 1. The van der Waals surface area contributed by atoms with Crippen LogP contribution in [0, 0.1) is 6.92 Å². The first-order valence-electron chi connectivity index (χ1n) is 6.71. The zero-order valence-corrected chi connectivity index (χ0v) is 13.4. The molecule has 3 aromatic rings. The highest BCUT2D eigenvalue weighted by atomic mass is 35.5. The van der Waals surface area contributed by atoms with E-state index in [0.29, 0.717) is 10.6 Å². The lowest BCUT2D eigenvalue weighted by atomic mass is 10.1. The summed E-state index contributed by atoms with van der Waals surface area (Å²) in [5.74, 6) is -0.158. The van der Waals surface area contributed by atoms with Gasteiger partial charge < -0.3 is 5.32 Å². The Morgan fingerprint density at radius 1 is 1.09 bits per heavy atom. The number of thiazole rings is 1. The quantitative estimate of drug-likeness (QED) is 0.733. The molecule has 3 rings (SSSR count). The van der Waals surface area contributed by atoms with E-state index in [1.807, 2.05) is 36.6 Å². The molecule has 3 nitrogen and oxygen atoms in total. The molecular formula is C17H13ClN2OS. The van der Waals surface area contributed by atoms with Gasteiger partial charge >= 0.3 is 0 Å². The Labute approximate surface area is 137 Å². The molecule has 0 spiro atoms. The Morgan fingerprint density at radius 3 is 2.36 bits per heavy atom. The summed E-state index contributed by atoms with van der Waals surface area (Å²) in [7, 11) is 0. The number of rotatable bonds is 3. The molecule has 1 amide bonds. The third kappa shape index (κ3) is 3.35. The van der Waals surface area contributed by atoms with Gasteiger partial charge in [0.1, 0.15) is 0 Å². The van der Waals surface area contributed by atoms with E-state index < -0.39 is 0 Å². The molecule has 22 heavy (non-hydrogen) atoms. The maximum atomic E-state index is 12.1. The van der Waals surface area contributed by atoms with E-state index in [1.54, 1.807) is 35.6 Å². The molecule has 1 heterocycles. The number of halogens is 1. The van der Waals surface area contributed by atoms with Crippen LogP contribution in [0.4, 0.5) is 5.69 Å². The van der Waals surface area contributed by atoms with Gasteiger partial charge in [-0.25, -0.2) is 4.98 Å². The van der Waals surface area contributed by atoms with Gasteiger partial charge in [0.05, 0.1) is 10.7 Å². The highest BCUT2D eigenvalue weighted by molar-refractivity contribution is 7.09. The van der Waals surface area contributed by atoms with Crippen LogP contribution in [0.1, 0.15) is 15.4 Å². The lowest BCUT2D eigenvalue weighted by Gasteiger charge is -2.06. The van der Waals surface area contributed by atoms with Crippen LogP contribution >= 0.6 is 22.9 Å². The van der Waals surface area contributed by atoms with E-state index in [1.165, 1.54) is 0 Å². The molecule has 1 N–H and O–H groups in total. The summed E-state index contributed by atoms with van der Waals surface area (Å²) in [6, 6.07) is 14.4. The van der Waals surface area contributed by atoms with Gasteiger partial charge in [0.15, 0.2) is 0 Å². The molecular weight excluding hydrogens is 316 g/mol. The first-order valence-corrected chi connectivity index (χ1v) is 7.97. The summed E-state index contributed by atoms with van der Waals surface area (Å²) in [5, 5.41) is 6.53. The summed E-state index contributed by atoms with van der Waals surface area (Å²) in [5.41, 5.74) is 3.31. The van der Waals surface area contributed by atoms with E-state index in [4.69, 9.17) is 11.6 Å². The van der Waals surface area contributed by atoms with E-state index in [2.05, 4.69) is 10.3 Å². The van der Waals surface area contributed by atoms with Crippen molar-refractivity contribution >= 4 is 34.5 Å². The van der Waals surface area contributed by atoms with Gasteiger partial charge in [0, 0.05) is 27.2 Å². The standard InChI is InChI=1S/C17H13ClN2OS/c1-11-19-16(10-22-11)12-4-8-15(9-5-12)20-17(21)13-2-6-14(18)7-3-13/h2-10H,1H3,(H,20,21). The number of aromatic nitrogens is 1. The van der Waals surface area contributed by atoms with E-state index >= 15 is 0 Å². The van der Waals surface area contributed by atoms with Crippen molar-refractivity contribution in [2.75, 3.05) is 5.32 Å². The Hall–Kier alpha value is -2.17. The molecule has 1 aromatic heterocycles. The minimum absolute atomic E-state index is 0.158. The highest BCUT2D eigenvalue weighted by Crippen LogP contribution is 2.23. The maximum Gasteiger partial charge on any atom is 0.255 e. The van der Waals surface area contributed by atoms with Gasteiger partial charge in [-0.2, -0.15) is 0 Å². The van der Waals surface area contributed by atoms with Crippen molar-refractivity contribution in [2.45, 2.75) is 6.92 Å². The Bertz CT molecular complexity index is 794. The minimum atomic E-state index is -0.158. The second kappa shape index (κ2) is 6.30. The summed E-state index contributed by atoms with van der Waals surface area (Å²) < 4.78 is 0. The zero-order chi connectivity index (χ0) is 15.5. The lowest BCUT2D eigenvalue weighted by Crippen LogP contribution is -2.11. The van der Waals surface area contributed by atoms with E-state index in [-0.39, 0.29) is 5.91 Å². The van der Waals surface area contributed by atoms with Gasteiger partial charge in [-0.05, 0) is 43.3 Å². The van der Waals surface area contributed by atoms with Crippen LogP contribution < -0.4 is 5.32 Å². The Kier molecular flexibility index (Phi) is 4.22. The number of benzene rings is 2. The SMILES string of the molecule is Cc1nc(-c2ccc(NC(=O)c3ccc(Cl)cc3)cc2)cs1. The van der Waals surface area contributed by atoms with Crippen LogP contribution in [0.25, 0.3) is 11.3 Å². The van der Waals surface area contributed by atoms with Crippen LogP contribution in [0.3, 0.4) is 0 Å². The molecule has 0 unspecified atom stereocenters. The van der Waals surface area contributed by atoms with Crippen molar-refractivity contribution in [2.24, 2.45) is 0 Å². The molecule has 110 valence electrons. The second-order valence-corrected chi connectivity index (χ2v) is 6.29. The second-order valence-electron chi connectivity index (χ2n) is 4.79. The van der Waals surface area contributed by atoms with Crippen LogP contribution in [-0.2, 0) is 0 Å². The number of hydrogen-bond donors (Lipinski definition) is 1. The van der Waals surface area contributed by atoms with Crippen molar-refractivity contribution in [1.29, 1.82) is 0 Å². The third-order valence-electron chi connectivity index (χ3n) is 3.16. The highest BCUT2D eigenvalue weighted by Gasteiger charge is 2.07. The fourth-order valence-corrected chi connectivity index (χ4v) is 2.77. The number of nitrogens with one attached hydrogen (secondary N) is 1. The molecule has 5 heteroatoms. The molecule has 0 atom stereocenters. The fraction of sp³-hybridized carbons (Fsp3) is 0.0588. The predicted octanol–water partition coefficient (Wildman–Crippen LogP) is 5.02. The van der Waals surface area contributed by atoms with Crippen LogP contribution in [0.2, 0.25) is 5.02 Å². The van der Waals surface area contributed by atoms with Crippen molar-refractivity contribution in [3.05, 3.63) is 69.5 Å². The first-order chi connectivity index (χ1) is 10.6. The smallest absolute Gasteiger partial charge is 0.255 e. The maximum absolute atomic E-state index is 12.1. The van der Waals surface area contributed by atoms with Gasteiger partial charge in [0.2, 0.25) is 0 Å². The molecule has 0 bridgehead atoms. The van der Waals surface area contributed by atoms with E-state index in [9.17, 15) is 4.79 Å². The van der Waals surface area contributed by atoms with E-state index in [0.717, 1.165) is 22.0 Å². The summed E-state index contributed by atoms with van der Waals surface area (Å²) in [4.78, 5) is 16.6. The summed E-state index contributed by atoms with van der Waals surface area (Å²) in [6.45, 7) is 1.98. The molecule has 2 aromatic carbocycles. The van der Waals surface area contributed by atoms with Crippen molar-refractivity contribution in [1.82, 2.24) is 4.98 Å². The lowest BCUT2D eigenvalue weighted by molar-refractivity contribution is 0.102. The van der Waals surface area contributed by atoms with Gasteiger partial charge in [-0.3, -0.25) is 4.79 Å². The first kappa shape index (κ1) is 14.8. The summed E-state index contributed by atoms with van der Waals surface area (Å²) >= 11 is 7.44.